The molecule has 0 fully saturated rings. The van der Waals surface area contributed by atoms with Crippen molar-refractivity contribution in [2.45, 2.75) is 26.3 Å². The van der Waals surface area contributed by atoms with Gasteiger partial charge in [-0.05, 0) is 43.2 Å². The maximum atomic E-state index is 12.2. The number of aromatic nitrogens is 2. The van der Waals surface area contributed by atoms with Gasteiger partial charge in [-0.1, -0.05) is 60.2 Å². The van der Waals surface area contributed by atoms with Crippen LogP contribution in [-0.4, -0.2) is 22.1 Å². The van der Waals surface area contributed by atoms with Crippen molar-refractivity contribution in [3.63, 3.8) is 0 Å². The van der Waals surface area contributed by atoms with Crippen molar-refractivity contribution < 1.29 is 4.79 Å². The second-order valence-electron chi connectivity index (χ2n) is 7.40. The highest BCUT2D eigenvalue weighted by Crippen LogP contribution is 2.17. The van der Waals surface area contributed by atoms with Crippen molar-refractivity contribution in [2.75, 3.05) is 11.9 Å². The van der Waals surface area contributed by atoms with E-state index in [1.165, 1.54) is 5.56 Å². The SMILES string of the molecule is Cc1ccc(NC(=O)NCCn2c(CCc3ccccc3)nc3ccccc32)cc1. The third-order valence-electron chi connectivity index (χ3n) is 5.14. The fourth-order valence-electron chi connectivity index (χ4n) is 3.56. The molecule has 4 rings (SSSR count). The Bertz CT molecular complexity index is 1120. The molecule has 0 aliphatic heterocycles. The Morgan fingerprint density at radius 1 is 0.900 bits per heavy atom. The number of hydrogen-bond acceptors (Lipinski definition) is 2. The number of anilines is 1. The molecule has 2 N–H and O–H groups in total. The highest BCUT2D eigenvalue weighted by atomic mass is 16.2. The summed E-state index contributed by atoms with van der Waals surface area (Å²) in [5.74, 6) is 1.04. The predicted molar refractivity (Wildman–Crippen MR) is 122 cm³/mol. The first-order valence-electron chi connectivity index (χ1n) is 10.3. The maximum Gasteiger partial charge on any atom is 0.319 e. The van der Waals surface area contributed by atoms with Crippen LogP contribution in [0.3, 0.4) is 0 Å². The molecule has 0 aliphatic rings. The number of benzene rings is 3. The van der Waals surface area contributed by atoms with Gasteiger partial charge in [0.1, 0.15) is 5.82 Å². The van der Waals surface area contributed by atoms with Crippen molar-refractivity contribution >= 4 is 22.8 Å². The average molecular weight is 399 g/mol. The fourth-order valence-corrected chi connectivity index (χ4v) is 3.56. The monoisotopic (exact) mass is 398 g/mol. The minimum atomic E-state index is -0.200. The molecule has 0 aliphatic carbocycles. The summed E-state index contributed by atoms with van der Waals surface area (Å²) in [6.45, 7) is 3.22. The Hall–Kier alpha value is -3.60. The Morgan fingerprint density at radius 2 is 1.63 bits per heavy atom. The molecule has 5 nitrogen and oxygen atoms in total. The summed E-state index contributed by atoms with van der Waals surface area (Å²) in [6.07, 6.45) is 1.79. The quantitative estimate of drug-likeness (QED) is 0.463. The maximum absolute atomic E-state index is 12.2. The minimum Gasteiger partial charge on any atom is -0.336 e. The van der Waals surface area contributed by atoms with Crippen LogP contribution in [0.25, 0.3) is 11.0 Å². The molecule has 2 amide bonds. The number of nitrogens with one attached hydrogen (secondary N) is 2. The van der Waals surface area contributed by atoms with E-state index in [4.69, 9.17) is 4.98 Å². The van der Waals surface area contributed by atoms with Crippen LogP contribution in [0, 0.1) is 6.92 Å². The molecule has 0 spiro atoms. The zero-order valence-electron chi connectivity index (χ0n) is 17.1. The largest absolute Gasteiger partial charge is 0.336 e. The van der Waals surface area contributed by atoms with E-state index >= 15 is 0 Å². The van der Waals surface area contributed by atoms with Gasteiger partial charge in [-0.2, -0.15) is 0 Å². The van der Waals surface area contributed by atoms with E-state index in [0.717, 1.165) is 41.0 Å². The average Bonchev–Trinajstić information content (AvgIpc) is 3.12. The van der Waals surface area contributed by atoms with Gasteiger partial charge in [0.05, 0.1) is 11.0 Å². The molecule has 0 bridgehead atoms. The van der Waals surface area contributed by atoms with Crippen LogP contribution >= 0.6 is 0 Å². The van der Waals surface area contributed by atoms with Crippen LogP contribution in [0.5, 0.6) is 0 Å². The van der Waals surface area contributed by atoms with Gasteiger partial charge in [-0.15, -0.1) is 0 Å². The number of urea groups is 1. The number of rotatable bonds is 7. The Balaban J connectivity index is 1.41. The first-order valence-corrected chi connectivity index (χ1v) is 10.3. The van der Waals surface area contributed by atoms with Gasteiger partial charge in [0.25, 0.3) is 0 Å². The van der Waals surface area contributed by atoms with Crippen LogP contribution < -0.4 is 10.6 Å². The van der Waals surface area contributed by atoms with E-state index in [2.05, 4.69) is 45.5 Å². The molecular formula is C25H26N4O. The molecule has 0 saturated carbocycles. The second-order valence-corrected chi connectivity index (χ2v) is 7.40. The van der Waals surface area contributed by atoms with Gasteiger partial charge < -0.3 is 15.2 Å². The van der Waals surface area contributed by atoms with Gasteiger partial charge in [-0.3, -0.25) is 0 Å². The van der Waals surface area contributed by atoms with Crippen LogP contribution in [0.1, 0.15) is 17.0 Å². The highest BCUT2D eigenvalue weighted by molar-refractivity contribution is 5.89. The van der Waals surface area contributed by atoms with E-state index in [0.29, 0.717) is 13.1 Å². The molecule has 0 saturated heterocycles. The van der Waals surface area contributed by atoms with Gasteiger partial charge >= 0.3 is 6.03 Å². The van der Waals surface area contributed by atoms with E-state index in [-0.39, 0.29) is 6.03 Å². The lowest BCUT2D eigenvalue weighted by Gasteiger charge is -2.11. The number of nitrogens with zero attached hydrogens (tertiary/aromatic N) is 2. The summed E-state index contributed by atoms with van der Waals surface area (Å²) < 4.78 is 2.21. The minimum absolute atomic E-state index is 0.200. The molecule has 1 aromatic heterocycles. The lowest BCUT2D eigenvalue weighted by molar-refractivity contribution is 0.251. The number of amides is 2. The third kappa shape index (κ3) is 4.87. The van der Waals surface area contributed by atoms with Crippen molar-refractivity contribution in [3.05, 3.63) is 95.8 Å². The van der Waals surface area contributed by atoms with E-state index in [9.17, 15) is 4.79 Å². The first-order chi connectivity index (χ1) is 14.7. The molecule has 152 valence electrons. The summed E-state index contributed by atoms with van der Waals surface area (Å²) in [5.41, 5.74) is 5.34. The van der Waals surface area contributed by atoms with Crippen LogP contribution in [0.4, 0.5) is 10.5 Å². The Labute approximate surface area is 176 Å². The van der Waals surface area contributed by atoms with Crippen molar-refractivity contribution in [1.29, 1.82) is 0 Å². The summed E-state index contributed by atoms with van der Waals surface area (Å²) in [7, 11) is 0. The van der Waals surface area contributed by atoms with Gasteiger partial charge in [0, 0.05) is 25.2 Å². The molecule has 30 heavy (non-hydrogen) atoms. The van der Waals surface area contributed by atoms with Gasteiger partial charge in [-0.25, -0.2) is 9.78 Å². The lowest BCUT2D eigenvalue weighted by atomic mass is 10.1. The molecule has 4 aromatic rings. The van der Waals surface area contributed by atoms with E-state index in [1.54, 1.807) is 0 Å². The number of imidazole rings is 1. The van der Waals surface area contributed by atoms with Crippen LogP contribution in [-0.2, 0) is 19.4 Å². The number of fused-ring (bicyclic) bond motifs is 1. The van der Waals surface area contributed by atoms with Crippen molar-refractivity contribution in [3.8, 4) is 0 Å². The number of carbonyl (C=O) groups excluding carboxylic acids is 1. The zero-order chi connectivity index (χ0) is 20.8. The number of aryl methyl sites for hydroxylation is 3. The molecule has 3 aromatic carbocycles. The van der Waals surface area contributed by atoms with E-state index in [1.807, 2.05) is 55.5 Å². The zero-order valence-corrected chi connectivity index (χ0v) is 17.1. The molecule has 5 heteroatoms. The number of carbonyl (C=O) groups is 1. The normalized spacial score (nSPS) is 10.8. The van der Waals surface area contributed by atoms with Gasteiger partial charge in [0.2, 0.25) is 0 Å². The fraction of sp³-hybridized carbons (Fsp3) is 0.200. The summed E-state index contributed by atoms with van der Waals surface area (Å²) in [6, 6.07) is 26.2. The lowest BCUT2D eigenvalue weighted by Crippen LogP contribution is -2.31. The summed E-state index contributed by atoms with van der Waals surface area (Å²) >= 11 is 0. The van der Waals surface area contributed by atoms with Gasteiger partial charge in [0.15, 0.2) is 0 Å². The van der Waals surface area contributed by atoms with E-state index < -0.39 is 0 Å². The van der Waals surface area contributed by atoms with Crippen LogP contribution in [0.2, 0.25) is 0 Å². The van der Waals surface area contributed by atoms with Crippen LogP contribution in [0.15, 0.2) is 78.9 Å². The predicted octanol–water partition coefficient (Wildman–Crippen LogP) is 4.95. The summed E-state index contributed by atoms with van der Waals surface area (Å²) in [5, 5.41) is 5.82. The summed E-state index contributed by atoms with van der Waals surface area (Å²) in [4.78, 5) is 17.1. The smallest absolute Gasteiger partial charge is 0.319 e. The van der Waals surface area contributed by atoms with Crippen molar-refractivity contribution in [1.82, 2.24) is 14.9 Å². The molecule has 0 unspecified atom stereocenters. The van der Waals surface area contributed by atoms with Crippen molar-refractivity contribution in [2.24, 2.45) is 0 Å². The molecule has 0 radical (unpaired) electrons. The molecule has 0 atom stereocenters. The highest BCUT2D eigenvalue weighted by Gasteiger charge is 2.11. The molecule has 1 heterocycles. The standard InChI is InChI=1S/C25H26N4O/c1-19-11-14-21(15-12-19)27-25(30)26-17-18-29-23-10-6-5-9-22(23)28-24(29)16-13-20-7-3-2-4-8-20/h2-12,14-15H,13,16-18H2,1H3,(H2,26,27,30). The first kappa shape index (κ1) is 19.7. The second kappa shape index (κ2) is 9.27. The Morgan fingerprint density at radius 3 is 2.43 bits per heavy atom. The molecular weight excluding hydrogens is 372 g/mol. The number of hydrogen-bond donors (Lipinski definition) is 2. The number of para-hydroxylation sites is 2. The third-order valence-corrected chi connectivity index (χ3v) is 5.14. The topological polar surface area (TPSA) is 59.0 Å². The Kier molecular flexibility index (Phi) is 6.09.